The highest BCUT2D eigenvalue weighted by atomic mass is 16.6. The Morgan fingerprint density at radius 3 is 2.65 bits per heavy atom. The third kappa shape index (κ3) is 3.68. The van der Waals surface area contributed by atoms with Gasteiger partial charge in [0.25, 0.3) is 0 Å². The number of ketones is 1. The number of likely N-dealkylation sites (tertiary alicyclic amines) is 1. The molecular weight excluding hydrogens is 330 g/mol. The summed E-state index contributed by atoms with van der Waals surface area (Å²) in [5, 5.41) is 9.41. The van der Waals surface area contributed by atoms with Gasteiger partial charge in [-0.3, -0.25) is 4.79 Å². The molecule has 0 spiro atoms. The van der Waals surface area contributed by atoms with Crippen molar-refractivity contribution in [2.45, 2.75) is 18.8 Å². The van der Waals surface area contributed by atoms with Crippen LogP contribution in [-0.4, -0.2) is 48.6 Å². The van der Waals surface area contributed by atoms with Gasteiger partial charge in [0.15, 0.2) is 17.3 Å². The Morgan fingerprint density at radius 1 is 1.08 bits per heavy atom. The second-order valence-electron chi connectivity index (χ2n) is 6.91. The van der Waals surface area contributed by atoms with E-state index in [1.165, 1.54) is 5.56 Å². The van der Waals surface area contributed by atoms with Crippen LogP contribution in [0.5, 0.6) is 17.2 Å². The molecule has 26 heavy (non-hydrogen) atoms. The van der Waals surface area contributed by atoms with Crippen LogP contribution in [0.2, 0.25) is 0 Å². The van der Waals surface area contributed by atoms with Crippen molar-refractivity contribution >= 4 is 5.78 Å². The van der Waals surface area contributed by atoms with Gasteiger partial charge in [-0.15, -0.1) is 0 Å². The fourth-order valence-corrected chi connectivity index (χ4v) is 3.68. The van der Waals surface area contributed by atoms with E-state index in [1.807, 2.05) is 24.3 Å². The molecular formula is C21H23NO4. The predicted molar refractivity (Wildman–Crippen MR) is 98.3 cm³/mol. The third-order valence-corrected chi connectivity index (χ3v) is 5.16. The van der Waals surface area contributed by atoms with E-state index in [0.717, 1.165) is 26.1 Å². The highest BCUT2D eigenvalue weighted by Crippen LogP contribution is 2.31. The van der Waals surface area contributed by atoms with Gasteiger partial charge in [0.2, 0.25) is 0 Å². The summed E-state index contributed by atoms with van der Waals surface area (Å²) in [6.45, 7) is 3.80. The molecule has 0 aliphatic carbocycles. The van der Waals surface area contributed by atoms with Gasteiger partial charge in [0.05, 0.1) is 0 Å². The first-order valence-electron chi connectivity index (χ1n) is 9.13. The highest BCUT2D eigenvalue weighted by Gasteiger charge is 2.24. The van der Waals surface area contributed by atoms with E-state index in [-0.39, 0.29) is 5.78 Å². The lowest BCUT2D eigenvalue weighted by Crippen LogP contribution is -2.23. The zero-order chi connectivity index (χ0) is 17.9. The maximum absolute atomic E-state index is 12.5. The number of fused-ring (bicyclic) bond motifs is 1. The molecule has 1 atom stereocenters. The first-order chi connectivity index (χ1) is 12.7. The quantitative estimate of drug-likeness (QED) is 0.837. The molecule has 0 radical (unpaired) electrons. The van der Waals surface area contributed by atoms with Gasteiger partial charge in [0.1, 0.15) is 19.0 Å². The molecule has 5 heteroatoms. The molecule has 1 unspecified atom stereocenters. The molecule has 0 bridgehead atoms. The maximum Gasteiger partial charge on any atom is 0.164 e. The SMILES string of the molecule is O=C(CCN1CCC(c2ccc(O)cc2)C1)c1ccc2c(c1)OCCO2. The Labute approximate surface area is 153 Å². The molecule has 2 aromatic rings. The molecule has 2 aliphatic rings. The van der Waals surface area contributed by atoms with Crippen LogP contribution in [-0.2, 0) is 0 Å². The molecule has 1 fully saturated rings. The van der Waals surface area contributed by atoms with Crippen LogP contribution >= 0.6 is 0 Å². The van der Waals surface area contributed by atoms with Crippen molar-refractivity contribution in [3.05, 3.63) is 53.6 Å². The molecule has 2 heterocycles. The predicted octanol–water partition coefficient (Wildman–Crippen LogP) is 3.23. The van der Waals surface area contributed by atoms with Gasteiger partial charge < -0.3 is 19.5 Å². The van der Waals surface area contributed by atoms with Crippen molar-refractivity contribution in [3.8, 4) is 17.2 Å². The van der Waals surface area contributed by atoms with Crippen LogP contribution in [0.4, 0.5) is 0 Å². The van der Waals surface area contributed by atoms with Crippen molar-refractivity contribution in [2.24, 2.45) is 0 Å². The van der Waals surface area contributed by atoms with Crippen LogP contribution in [0.3, 0.4) is 0 Å². The van der Waals surface area contributed by atoms with Crippen molar-refractivity contribution in [1.82, 2.24) is 4.90 Å². The summed E-state index contributed by atoms with van der Waals surface area (Å²) in [6, 6.07) is 12.9. The molecule has 5 nitrogen and oxygen atoms in total. The first-order valence-corrected chi connectivity index (χ1v) is 9.13. The summed E-state index contributed by atoms with van der Waals surface area (Å²) < 4.78 is 11.1. The van der Waals surface area contributed by atoms with Gasteiger partial charge in [-0.1, -0.05) is 12.1 Å². The van der Waals surface area contributed by atoms with E-state index < -0.39 is 0 Å². The molecule has 0 saturated carbocycles. The topological polar surface area (TPSA) is 59.0 Å². The van der Waals surface area contributed by atoms with Crippen molar-refractivity contribution in [2.75, 3.05) is 32.8 Å². The Bertz CT molecular complexity index is 787. The number of benzene rings is 2. The number of phenolic OH excluding ortho intramolecular Hbond substituents is 1. The average molecular weight is 353 g/mol. The number of carbonyl (C=O) groups excluding carboxylic acids is 1. The van der Waals surface area contributed by atoms with Gasteiger partial charge in [0, 0.05) is 25.1 Å². The highest BCUT2D eigenvalue weighted by molar-refractivity contribution is 5.96. The summed E-state index contributed by atoms with van der Waals surface area (Å²) in [7, 11) is 0. The summed E-state index contributed by atoms with van der Waals surface area (Å²) in [6.07, 6.45) is 1.59. The van der Waals surface area contributed by atoms with Crippen LogP contribution in [0.25, 0.3) is 0 Å². The first kappa shape index (κ1) is 16.9. The minimum atomic E-state index is 0.134. The zero-order valence-corrected chi connectivity index (χ0v) is 14.7. The van der Waals surface area contributed by atoms with Crippen molar-refractivity contribution < 1.29 is 19.4 Å². The van der Waals surface area contributed by atoms with E-state index in [9.17, 15) is 9.90 Å². The van der Waals surface area contributed by atoms with Crippen LogP contribution < -0.4 is 9.47 Å². The molecule has 4 rings (SSSR count). The summed E-state index contributed by atoms with van der Waals surface area (Å²) in [5.41, 5.74) is 1.94. The fraction of sp³-hybridized carbons (Fsp3) is 0.381. The van der Waals surface area contributed by atoms with E-state index in [1.54, 1.807) is 18.2 Å². The van der Waals surface area contributed by atoms with Crippen LogP contribution in [0, 0.1) is 0 Å². The maximum atomic E-state index is 12.5. The second kappa shape index (κ2) is 7.38. The molecule has 1 saturated heterocycles. The van der Waals surface area contributed by atoms with E-state index in [4.69, 9.17) is 9.47 Å². The van der Waals surface area contributed by atoms with Gasteiger partial charge in [-0.05, 0) is 54.8 Å². The lowest BCUT2D eigenvalue weighted by Gasteiger charge is -2.19. The molecule has 2 aromatic carbocycles. The van der Waals surface area contributed by atoms with Crippen LogP contribution in [0.15, 0.2) is 42.5 Å². The van der Waals surface area contributed by atoms with Gasteiger partial charge >= 0.3 is 0 Å². The number of aromatic hydroxyl groups is 1. The lowest BCUT2D eigenvalue weighted by atomic mass is 9.98. The number of rotatable bonds is 5. The number of Topliss-reactive ketones (excluding diaryl/α,β-unsaturated/α-hetero) is 1. The van der Waals surface area contributed by atoms with E-state index in [0.29, 0.717) is 48.4 Å². The third-order valence-electron chi connectivity index (χ3n) is 5.16. The molecule has 0 aromatic heterocycles. The minimum absolute atomic E-state index is 0.134. The Morgan fingerprint density at radius 2 is 1.85 bits per heavy atom. The number of ether oxygens (including phenoxy) is 2. The Balaban J connectivity index is 1.31. The van der Waals surface area contributed by atoms with E-state index in [2.05, 4.69) is 4.90 Å². The van der Waals surface area contributed by atoms with E-state index >= 15 is 0 Å². The van der Waals surface area contributed by atoms with Crippen LogP contribution in [0.1, 0.15) is 34.7 Å². The number of nitrogens with zero attached hydrogens (tertiary/aromatic N) is 1. The average Bonchev–Trinajstić information content (AvgIpc) is 3.15. The smallest absolute Gasteiger partial charge is 0.164 e. The van der Waals surface area contributed by atoms with Gasteiger partial charge in [-0.25, -0.2) is 0 Å². The number of hydrogen-bond acceptors (Lipinski definition) is 5. The Hall–Kier alpha value is -2.53. The monoisotopic (exact) mass is 353 g/mol. The number of carbonyl (C=O) groups is 1. The molecule has 136 valence electrons. The normalized spacial score (nSPS) is 19.5. The van der Waals surface area contributed by atoms with Crippen molar-refractivity contribution in [3.63, 3.8) is 0 Å². The fourth-order valence-electron chi connectivity index (χ4n) is 3.68. The summed E-state index contributed by atoms with van der Waals surface area (Å²) >= 11 is 0. The number of hydrogen-bond donors (Lipinski definition) is 1. The summed E-state index contributed by atoms with van der Waals surface area (Å²) in [4.78, 5) is 14.9. The second-order valence-corrected chi connectivity index (χ2v) is 6.91. The van der Waals surface area contributed by atoms with Gasteiger partial charge in [-0.2, -0.15) is 0 Å². The molecule has 2 aliphatic heterocycles. The summed E-state index contributed by atoms with van der Waals surface area (Å²) in [5.74, 6) is 2.28. The standard InChI is InChI=1S/C21H23NO4/c23-18-4-1-15(2-5-18)17-7-9-22(14-17)10-8-19(24)16-3-6-20-21(13-16)26-12-11-25-20/h1-6,13,17,23H,7-12,14H2. The lowest BCUT2D eigenvalue weighted by molar-refractivity contribution is 0.0967. The number of phenols is 1. The zero-order valence-electron chi connectivity index (χ0n) is 14.7. The minimum Gasteiger partial charge on any atom is -0.508 e. The molecule has 1 N–H and O–H groups in total. The largest absolute Gasteiger partial charge is 0.508 e. The van der Waals surface area contributed by atoms with Crippen molar-refractivity contribution in [1.29, 1.82) is 0 Å². The Kier molecular flexibility index (Phi) is 4.80. The molecule has 0 amide bonds.